The predicted octanol–water partition coefficient (Wildman–Crippen LogP) is 4.80. The average Bonchev–Trinajstić information content (AvgIpc) is 2.74. The van der Waals surface area contributed by atoms with Crippen LogP contribution in [0.5, 0.6) is 11.5 Å². The maximum atomic E-state index is 13.6. The maximum Gasteiger partial charge on any atom is 0.264 e. The highest BCUT2D eigenvalue weighted by molar-refractivity contribution is 7.92. The van der Waals surface area contributed by atoms with Crippen molar-refractivity contribution in [1.82, 2.24) is 0 Å². The van der Waals surface area contributed by atoms with Crippen LogP contribution < -0.4 is 13.8 Å². The molecule has 0 aliphatic rings. The molecule has 0 aliphatic heterocycles. The van der Waals surface area contributed by atoms with Crippen LogP contribution in [0.1, 0.15) is 18.1 Å². The van der Waals surface area contributed by atoms with Crippen molar-refractivity contribution in [2.45, 2.75) is 25.3 Å². The van der Waals surface area contributed by atoms with Crippen LogP contribution in [0.3, 0.4) is 0 Å². The Morgan fingerprint density at radius 2 is 1.55 bits per heavy atom. The Kier molecular flexibility index (Phi) is 6.44. The van der Waals surface area contributed by atoms with Crippen molar-refractivity contribution in [3.05, 3.63) is 83.9 Å². The summed E-state index contributed by atoms with van der Waals surface area (Å²) < 4.78 is 39.6. The number of aryl methyl sites for hydroxylation is 1. The molecule has 0 amide bonds. The van der Waals surface area contributed by atoms with E-state index < -0.39 is 10.0 Å². The summed E-state index contributed by atoms with van der Waals surface area (Å²) in [4.78, 5) is 0.193. The summed E-state index contributed by atoms with van der Waals surface area (Å²) in [7, 11) is -2.29. The lowest BCUT2D eigenvalue weighted by Gasteiger charge is -2.27. The Bertz CT molecular complexity index is 1060. The number of methoxy groups -OCH3 is 1. The van der Waals surface area contributed by atoms with Crippen molar-refractivity contribution in [1.29, 1.82) is 0 Å². The topological polar surface area (TPSA) is 55.8 Å². The zero-order chi connectivity index (χ0) is 20.9. The number of nitrogens with zero attached hydrogens (tertiary/aromatic N) is 1. The highest BCUT2D eigenvalue weighted by atomic mass is 32.2. The Morgan fingerprint density at radius 1 is 0.897 bits per heavy atom. The van der Waals surface area contributed by atoms with E-state index in [1.807, 2.05) is 50.2 Å². The second-order valence-electron chi connectivity index (χ2n) is 6.51. The molecule has 0 spiro atoms. The van der Waals surface area contributed by atoms with Gasteiger partial charge in [0.25, 0.3) is 10.0 Å². The zero-order valence-corrected chi connectivity index (χ0v) is 17.6. The number of para-hydroxylation sites is 2. The van der Waals surface area contributed by atoms with Gasteiger partial charge in [0.2, 0.25) is 0 Å². The summed E-state index contributed by atoms with van der Waals surface area (Å²) in [6.07, 6.45) is 0. The Hall–Kier alpha value is -2.99. The lowest BCUT2D eigenvalue weighted by Crippen LogP contribution is -2.31. The smallest absolute Gasteiger partial charge is 0.264 e. The van der Waals surface area contributed by atoms with Crippen LogP contribution in [0.4, 0.5) is 5.69 Å². The molecule has 3 aromatic carbocycles. The van der Waals surface area contributed by atoms with Gasteiger partial charge in [-0.1, -0.05) is 36.4 Å². The highest BCUT2D eigenvalue weighted by Gasteiger charge is 2.28. The first-order valence-corrected chi connectivity index (χ1v) is 10.8. The second kappa shape index (κ2) is 9.01. The van der Waals surface area contributed by atoms with Crippen LogP contribution in [0, 0.1) is 6.92 Å². The number of hydrogen-bond acceptors (Lipinski definition) is 4. The van der Waals surface area contributed by atoms with Crippen molar-refractivity contribution in [2.75, 3.05) is 18.0 Å². The SMILES string of the molecule is CCOc1ccccc1N(Cc1ccccc1C)S(=O)(=O)c1ccc(OC)cc1. The molecule has 152 valence electrons. The normalized spacial score (nSPS) is 11.1. The standard InChI is InChI=1S/C23H25NO4S/c1-4-28-23-12-8-7-11-22(23)24(17-19-10-6-5-9-18(19)2)29(25,26)21-15-13-20(27-3)14-16-21/h5-16H,4,17H2,1-3H3. The van der Waals surface area contributed by atoms with Gasteiger partial charge in [0.05, 0.1) is 30.8 Å². The second-order valence-corrected chi connectivity index (χ2v) is 8.38. The molecule has 0 N–H and O–H groups in total. The van der Waals surface area contributed by atoms with Gasteiger partial charge in [-0.2, -0.15) is 0 Å². The summed E-state index contributed by atoms with van der Waals surface area (Å²) in [6, 6.07) is 21.4. The fourth-order valence-electron chi connectivity index (χ4n) is 3.06. The fourth-order valence-corrected chi connectivity index (χ4v) is 4.51. The van der Waals surface area contributed by atoms with E-state index in [2.05, 4.69) is 0 Å². The average molecular weight is 412 g/mol. The summed E-state index contributed by atoms with van der Waals surface area (Å²) in [6.45, 7) is 4.49. The van der Waals surface area contributed by atoms with Crippen LogP contribution in [0.2, 0.25) is 0 Å². The molecular formula is C23H25NO4S. The van der Waals surface area contributed by atoms with E-state index in [0.29, 0.717) is 23.8 Å². The fraction of sp³-hybridized carbons (Fsp3) is 0.217. The minimum Gasteiger partial charge on any atom is -0.497 e. The summed E-state index contributed by atoms with van der Waals surface area (Å²) in [5.41, 5.74) is 2.46. The lowest BCUT2D eigenvalue weighted by molar-refractivity contribution is 0.341. The Morgan fingerprint density at radius 3 is 2.21 bits per heavy atom. The summed E-state index contributed by atoms with van der Waals surface area (Å²) in [5.74, 6) is 1.13. The van der Waals surface area contributed by atoms with E-state index in [0.717, 1.165) is 11.1 Å². The lowest BCUT2D eigenvalue weighted by atomic mass is 10.1. The molecule has 0 aromatic heterocycles. The molecule has 0 heterocycles. The van der Waals surface area contributed by atoms with Crippen LogP contribution in [0.25, 0.3) is 0 Å². The number of benzene rings is 3. The molecule has 29 heavy (non-hydrogen) atoms. The van der Waals surface area contributed by atoms with Crippen LogP contribution in [-0.4, -0.2) is 22.1 Å². The zero-order valence-electron chi connectivity index (χ0n) is 16.8. The first kappa shape index (κ1) is 20.7. The minimum absolute atomic E-state index is 0.193. The summed E-state index contributed by atoms with van der Waals surface area (Å²) in [5, 5.41) is 0. The third-order valence-corrected chi connectivity index (χ3v) is 6.43. The van der Waals surface area contributed by atoms with Gasteiger partial charge in [0, 0.05) is 0 Å². The van der Waals surface area contributed by atoms with E-state index in [-0.39, 0.29) is 11.4 Å². The molecule has 0 aliphatic carbocycles. The molecule has 5 nitrogen and oxygen atoms in total. The molecule has 0 saturated heterocycles. The van der Waals surface area contributed by atoms with Gasteiger partial charge in [-0.3, -0.25) is 4.31 Å². The Balaban J connectivity index is 2.13. The van der Waals surface area contributed by atoms with Crippen LogP contribution in [0.15, 0.2) is 77.7 Å². The molecule has 0 radical (unpaired) electrons. The molecule has 3 rings (SSSR count). The van der Waals surface area contributed by atoms with Gasteiger partial charge < -0.3 is 9.47 Å². The van der Waals surface area contributed by atoms with Gasteiger partial charge in [-0.15, -0.1) is 0 Å². The van der Waals surface area contributed by atoms with Crippen molar-refractivity contribution in [3.63, 3.8) is 0 Å². The number of sulfonamides is 1. The van der Waals surface area contributed by atoms with Crippen molar-refractivity contribution < 1.29 is 17.9 Å². The quantitative estimate of drug-likeness (QED) is 0.534. The number of rotatable bonds is 8. The first-order chi connectivity index (χ1) is 14.0. The molecule has 0 bridgehead atoms. The molecule has 3 aromatic rings. The van der Waals surface area contributed by atoms with Crippen LogP contribution in [-0.2, 0) is 16.6 Å². The van der Waals surface area contributed by atoms with Crippen molar-refractivity contribution in [3.8, 4) is 11.5 Å². The van der Waals surface area contributed by atoms with Crippen molar-refractivity contribution >= 4 is 15.7 Å². The van der Waals surface area contributed by atoms with E-state index in [9.17, 15) is 8.42 Å². The number of ether oxygens (including phenoxy) is 2. The van der Waals surface area contributed by atoms with Gasteiger partial charge in [0.15, 0.2) is 0 Å². The van der Waals surface area contributed by atoms with Crippen molar-refractivity contribution in [2.24, 2.45) is 0 Å². The van der Waals surface area contributed by atoms with E-state index >= 15 is 0 Å². The van der Waals surface area contributed by atoms with E-state index in [1.54, 1.807) is 43.5 Å². The summed E-state index contributed by atoms with van der Waals surface area (Å²) >= 11 is 0. The highest BCUT2D eigenvalue weighted by Crippen LogP contribution is 2.34. The monoisotopic (exact) mass is 411 g/mol. The molecule has 0 fully saturated rings. The number of anilines is 1. The molecule has 0 atom stereocenters. The van der Waals surface area contributed by atoms with Gasteiger partial charge in [-0.25, -0.2) is 8.42 Å². The third-order valence-electron chi connectivity index (χ3n) is 4.66. The molecular weight excluding hydrogens is 386 g/mol. The molecule has 0 unspecified atom stereocenters. The van der Waals surface area contributed by atoms with E-state index in [4.69, 9.17) is 9.47 Å². The Labute approximate surface area is 172 Å². The van der Waals surface area contributed by atoms with Gasteiger partial charge in [-0.05, 0) is 61.4 Å². The molecule has 0 saturated carbocycles. The first-order valence-electron chi connectivity index (χ1n) is 9.40. The maximum absolute atomic E-state index is 13.6. The largest absolute Gasteiger partial charge is 0.497 e. The van der Waals surface area contributed by atoms with Gasteiger partial charge >= 0.3 is 0 Å². The minimum atomic E-state index is -3.84. The van der Waals surface area contributed by atoms with E-state index in [1.165, 1.54) is 4.31 Å². The van der Waals surface area contributed by atoms with Crippen LogP contribution >= 0.6 is 0 Å². The van der Waals surface area contributed by atoms with Gasteiger partial charge in [0.1, 0.15) is 11.5 Å². The molecule has 6 heteroatoms. The predicted molar refractivity (Wildman–Crippen MR) is 115 cm³/mol. The third kappa shape index (κ3) is 4.54. The number of hydrogen-bond donors (Lipinski definition) is 0.